The average Bonchev–Trinajstić information content (AvgIpc) is 2.93. The van der Waals surface area contributed by atoms with E-state index in [1.54, 1.807) is 17.1 Å². The minimum absolute atomic E-state index is 0.121. The van der Waals surface area contributed by atoms with Gasteiger partial charge in [0.2, 0.25) is 0 Å². The lowest BCUT2D eigenvalue weighted by Crippen LogP contribution is -2.59. The molecule has 5 atom stereocenters. The first kappa shape index (κ1) is 13.3. The third kappa shape index (κ3) is 2.39. The topological polar surface area (TPSA) is 68.5 Å². The van der Waals surface area contributed by atoms with E-state index in [4.69, 9.17) is 21.1 Å². The van der Waals surface area contributed by atoms with Crippen molar-refractivity contribution in [3.8, 4) is 0 Å². The van der Waals surface area contributed by atoms with E-state index in [0.717, 1.165) is 0 Å². The standard InChI is InChI=1S/C12H18ClN3O3/c1-6(2)15-9-8-5-18-12(19-8)10(11(9)17)16-4-7(13)3-14-16/h3-4,6,8-12,15,17H,5H2,1-2H3. The molecule has 2 saturated heterocycles. The molecule has 106 valence electrons. The summed E-state index contributed by atoms with van der Waals surface area (Å²) in [5.41, 5.74) is 0. The van der Waals surface area contributed by atoms with Crippen molar-refractivity contribution in [3.63, 3.8) is 0 Å². The van der Waals surface area contributed by atoms with Crippen LogP contribution in [-0.4, -0.2) is 52.1 Å². The summed E-state index contributed by atoms with van der Waals surface area (Å²) in [6.07, 6.45) is 1.99. The molecule has 2 aliphatic rings. The number of aliphatic hydroxyl groups excluding tert-OH is 1. The van der Waals surface area contributed by atoms with Gasteiger partial charge in [0.1, 0.15) is 12.1 Å². The molecular weight excluding hydrogens is 270 g/mol. The first-order valence-corrected chi connectivity index (χ1v) is 6.85. The Balaban J connectivity index is 1.87. The molecule has 2 aliphatic heterocycles. The fourth-order valence-electron chi connectivity index (χ4n) is 2.75. The molecule has 6 nitrogen and oxygen atoms in total. The highest BCUT2D eigenvalue weighted by molar-refractivity contribution is 6.30. The minimum atomic E-state index is -0.635. The molecule has 0 radical (unpaired) electrons. The maximum Gasteiger partial charge on any atom is 0.183 e. The highest BCUT2D eigenvalue weighted by atomic mass is 35.5. The van der Waals surface area contributed by atoms with Gasteiger partial charge in [0.25, 0.3) is 0 Å². The van der Waals surface area contributed by atoms with Crippen LogP contribution in [0.1, 0.15) is 19.9 Å². The number of nitrogens with zero attached hydrogens (tertiary/aromatic N) is 2. The maximum atomic E-state index is 10.6. The number of halogens is 1. The Labute approximate surface area is 116 Å². The number of rotatable bonds is 3. The molecule has 19 heavy (non-hydrogen) atoms. The molecule has 0 aromatic carbocycles. The molecule has 0 aliphatic carbocycles. The van der Waals surface area contributed by atoms with Gasteiger partial charge in [-0.15, -0.1) is 0 Å². The van der Waals surface area contributed by atoms with Gasteiger partial charge in [0.15, 0.2) is 6.29 Å². The summed E-state index contributed by atoms with van der Waals surface area (Å²) in [5.74, 6) is 0. The zero-order chi connectivity index (χ0) is 13.6. The molecule has 7 heteroatoms. The van der Waals surface area contributed by atoms with Crippen LogP contribution in [-0.2, 0) is 9.47 Å². The zero-order valence-electron chi connectivity index (χ0n) is 10.9. The van der Waals surface area contributed by atoms with E-state index in [2.05, 4.69) is 10.4 Å². The molecule has 0 saturated carbocycles. The molecule has 2 fully saturated rings. The molecule has 2 bridgehead atoms. The number of aliphatic hydroxyl groups is 1. The van der Waals surface area contributed by atoms with Crippen LogP contribution in [0.25, 0.3) is 0 Å². The van der Waals surface area contributed by atoms with Crippen LogP contribution in [0.2, 0.25) is 5.02 Å². The van der Waals surface area contributed by atoms with Gasteiger partial charge in [-0.05, 0) is 0 Å². The second-order valence-electron chi connectivity index (χ2n) is 5.34. The molecule has 0 spiro atoms. The summed E-state index contributed by atoms with van der Waals surface area (Å²) < 4.78 is 13.0. The predicted molar refractivity (Wildman–Crippen MR) is 69.0 cm³/mol. The van der Waals surface area contributed by atoms with Gasteiger partial charge in [0.05, 0.1) is 30.0 Å². The van der Waals surface area contributed by atoms with E-state index in [0.29, 0.717) is 11.6 Å². The Bertz CT molecular complexity index is 453. The van der Waals surface area contributed by atoms with Crippen LogP contribution in [0.3, 0.4) is 0 Å². The van der Waals surface area contributed by atoms with Gasteiger partial charge in [-0.3, -0.25) is 4.68 Å². The summed E-state index contributed by atoms with van der Waals surface area (Å²) in [5, 5.41) is 18.6. The van der Waals surface area contributed by atoms with E-state index in [1.807, 2.05) is 13.8 Å². The van der Waals surface area contributed by atoms with Gasteiger partial charge in [-0.1, -0.05) is 25.4 Å². The van der Waals surface area contributed by atoms with E-state index in [9.17, 15) is 5.11 Å². The van der Waals surface area contributed by atoms with Gasteiger partial charge < -0.3 is 19.9 Å². The third-order valence-corrected chi connectivity index (χ3v) is 3.73. The van der Waals surface area contributed by atoms with Crippen molar-refractivity contribution in [2.75, 3.05) is 6.61 Å². The summed E-state index contributed by atoms with van der Waals surface area (Å²) in [7, 11) is 0. The first-order chi connectivity index (χ1) is 9.06. The average molecular weight is 288 g/mol. The fourth-order valence-corrected chi connectivity index (χ4v) is 2.89. The number of hydrogen-bond acceptors (Lipinski definition) is 5. The summed E-state index contributed by atoms with van der Waals surface area (Å²) in [4.78, 5) is 0. The Hall–Kier alpha value is -0.660. The molecule has 5 unspecified atom stereocenters. The fraction of sp³-hybridized carbons (Fsp3) is 0.750. The summed E-state index contributed by atoms with van der Waals surface area (Å²) >= 11 is 5.89. The van der Waals surface area contributed by atoms with Crippen LogP contribution in [0.5, 0.6) is 0 Å². The summed E-state index contributed by atoms with van der Waals surface area (Å²) in [6.45, 7) is 4.56. The van der Waals surface area contributed by atoms with Gasteiger partial charge in [-0.2, -0.15) is 5.10 Å². The molecule has 1 aromatic heterocycles. The number of aromatic nitrogens is 2. The van der Waals surface area contributed by atoms with E-state index in [1.165, 1.54) is 0 Å². The number of hydrogen-bond donors (Lipinski definition) is 2. The van der Waals surface area contributed by atoms with E-state index in [-0.39, 0.29) is 24.2 Å². The van der Waals surface area contributed by atoms with Crippen molar-refractivity contribution >= 4 is 11.6 Å². The Morgan fingerprint density at radius 1 is 1.58 bits per heavy atom. The van der Waals surface area contributed by atoms with Crippen molar-refractivity contribution in [2.24, 2.45) is 0 Å². The highest BCUT2D eigenvalue weighted by Crippen LogP contribution is 2.35. The largest absolute Gasteiger partial charge is 0.389 e. The van der Waals surface area contributed by atoms with Gasteiger partial charge in [0, 0.05) is 12.2 Å². The lowest BCUT2D eigenvalue weighted by Gasteiger charge is -2.39. The molecule has 2 N–H and O–H groups in total. The normalized spacial score (nSPS) is 38.1. The van der Waals surface area contributed by atoms with Crippen LogP contribution in [0.15, 0.2) is 12.4 Å². The second kappa shape index (κ2) is 5.03. The van der Waals surface area contributed by atoms with Crippen molar-refractivity contribution in [1.29, 1.82) is 0 Å². The highest BCUT2D eigenvalue weighted by Gasteiger charge is 2.51. The minimum Gasteiger partial charge on any atom is -0.389 e. The molecular formula is C12H18ClN3O3. The third-order valence-electron chi connectivity index (χ3n) is 3.53. The molecule has 3 rings (SSSR count). The van der Waals surface area contributed by atoms with E-state index < -0.39 is 12.4 Å². The van der Waals surface area contributed by atoms with Crippen LogP contribution >= 0.6 is 11.6 Å². The summed E-state index contributed by atoms with van der Waals surface area (Å²) in [6, 6.07) is -0.309. The van der Waals surface area contributed by atoms with Crippen molar-refractivity contribution in [1.82, 2.24) is 15.1 Å². The smallest absolute Gasteiger partial charge is 0.183 e. The lowest BCUT2D eigenvalue weighted by molar-refractivity contribution is -0.168. The van der Waals surface area contributed by atoms with Crippen LogP contribution in [0, 0.1) is 0 Å². The quantitative estimate of drug-likeness (QED) is 0.850. The Kier molecular flexibility index (Phi) is 3.53. The second-order valence-corrected chi connectivity index (χ2v) is 5.78. The predicted octanol–water partition coefficient (Wildman–Crippen LogP) is 0.560. The molecule has 0 amide bonds. The monoisotopic (exact) mass is 287 g/mol. The number of fused-ring (bicyclic) bond motifs is 2. The molecule has 1 aromatic rings. The van der Waals surface area contributed by atoms with Crippen LogP contribution < -0.4 is 5.32 Å². The molecule has 3 heterocycles. The lowest BCUT2D eigenvalue weighted by atomic mass is 9.95. The SMILES string of the molecule is CC(C)NC1C2COC(O2)C(n2cc(Cl)cn2)C1O. The van der Waals surface area contributed by atoms with Crippen molar-refractivity contribution in [2.45, 2.75) is 50.5 Å². The first-order valence-electron chi connectivity index (χ1n) is 6.47. The number of nitrogens with one attached hydrogen (secondary N) is 1. The Morgan fingerprint density at radius 3 is 3.00 bits per heavy atom. The maximum absolute atomic E-state index is 10.6. The van der Waals surface area contributed by atoms with Crippen molar-refractivity contribution < 1.29 is 14.6 Å². The van der Waals surface area contributed by atoms with Crippen LogP contribution in [0.4, 0.5) is 0 Å². The van der Waals surface area contributed by atoms with Gasteiger partial charge >= 0.3 is 0 Å². The number of ether oxygens (including phenoxy) is 2. The zero-order valence-corrected chi connectivity index (χ0v) is 11.6. The van der Waals surface area contributed by atoms with Crippen molar-refractivity contribution in [3.05, 3.63) is 17.4 Å². The van der Waals surface area contributed by atoms with E-state index >= 15 is 0 Å². The Morgan fingerprint density at radius 2 is 2.37 bits per heavy atom. The van der Waals surface area contributed by atoms with Gasteiger partial charge in [-0.25, -0.2) is 0 Å².